The fourth-order valence-electron chi connectivity index (χ4n) is 3.13. The van der Waals surface area contributed by atoms with Crippen molar-refractivity contribution < 1.29 is 14.3 Å². The van der Waals surface area contributed by atoms with Crippen LogP contribution in [-0.4, -0.2) is 41.4 Å². The maximum absolute atomic E-state index is 13.1. The Hall–Kier alpha value is -2.53. The molecule has 2 amide bonds. The first-order chi connectivity index (χ1) is 14.2. The van der Waals surface area contributed by atoms with Crippen molar-refractivity contribution in [3.63, 3.8) is 0 Å². The fourth-order valence-corrected chi connectivity index (χ4v) is 3.32. The van der Waals surface area contributed by atoms with E-state index in [9.17, 15) is 9.59 Å². The van der Waals surface area contributed by atoms with Gasteiger partial charge in [0, 0.05) is 12.1 Å². The van der Waals surface area contributed by atoms with E-state index < -0.39 is 6.04 Å². The average molecular weight is 431 g/mol. The van der Waals surface area contributed by atoms with Crippen molar-refractivity contribution in [2.45, 2.75) is 52.1 Å². The third-order valence-corrected chi connectivity index (χ3v) is 4.87. The monoisotopic (exact) mass is 430 g/mol. The summed E-state index contributed by atoms with van der Waals surface area (Å²) in [6.45, 7) is 7.92. The highest BCUT2D eigenvalue weighted by molar-refractivity contribution is 6.32. The number of amides is 2. The number of hydrogen-bond donors (Lipinski definition) is 1. The summed E-state index contributed by atoms with van der Waals surface area (Å²) in [4.78, 5) is 27.6. The summed E-state index contributed by atoms with van der Waals surface area (Å²) < 4.78 is 5.65. The first-order valence-electron chi connectivity index (χ1n) is 10.2. The molecule has 0 fully saturated rings. The van der Waals surface area contributed by atoms with E-state index in [0.29, 0.717) is 30.2 Å². The molecule has 0 radical (unpaired) electrons. The lowest BCUT2D eigenvalue weighted by Gasteiger charge is -2.33. The fraction of sp³-hybridized carbons (Fsp3) is 0.417. The van der Waals surface area contributed by atoms with Crippen molar-refractivity contribution in [2.24, 2.45) is 0 Å². The molecule has 162 valence electrons. The Bertz CT molecular complexity index is 834. The Morgan fingerprint density at radius 1 is 1.07 bits per heavy atom. The quantitative estimate of drug-likeness (QED) is 0.637. The summed E-state index contributed by atoms with van der Waals surface area (Å²) in [7, 11) is 0. The van der Waals surface area contributed by atoms with Gasteiger partial charge in [0.2, 0.25) is 5.91 Å². The van der Waals surface area contributed by atoms with Crippen LogP contribution in [0.4, 0.5) is 0 Å². The largest absolute Gasteiger partial charge is 0.482 e. The molecule has 0 heterocycles. The normalized spacial score (nSPS) is 12.2. The third kappa shape index (κ3) is 7.38. The number of para-hydroxylation sites is 1. The molecule has 0 saturated carbocycles. The predicted molar refractivity (Wildman–Crippen MR) is 121 cm³/mol. The number of carbonyl (C=O) groups excluding carboxylic acids is 2. The molecule has 0 bridgehead atoms. The van der Waals surface area contributed by atoms with Gasteiger partial charge in [0.05, 0.1) is 5.02 Å². The molecule has 0 saturated heterocycles. The van der Waals surface area contributed by atoms with Crippen molar-refractivity contribution in [1.29, 1.82) is 0 Å². The van der Waals surface area contributed by atoms with Crippen LogP contribution in [0.3, 0.4) is 0 Å². The second-order valence-electron chi connectivity index (χ2n) is 8.21. The van der Waals surface area contributed by atoms with Gasteiger partial charge in [-0.15, -0.1) is 0 Å². The zero-order valence-electron chi connectivity index (χ0n) is 18.2. The standard InChI is InChI=1S/C24H31ClN2O3/c1-5-20(23(29)26-24(2,3)4)27(16-15-18-11-7-6-8-12-18)22(28)17-30-21-14-10-9-13-19(21)25/h6-14,20H,5,15-17H2,1-4H3,(H,26,29). The molecule has 2 aromatic rings. The van der Waals surface area contributed by atoms with Crippen molar-refractivity contribution in [1.82, 2.24) is 10.2 Å². The molecule has 0 aliphatic rings. The predicted octanol–water partition coefficient (Wildman–Crippen LogP) is 4.48. The molecule has 0 aromatic heterocycles. The van der Waals surface area contributed by atoms with Gasteiger partial charge in [-0.1, -0.05) is 61.0 Å². The van der Waals surface area contributed by atoms with Crippen LogP contribution in [0.25, 0.3) is 0 Å². The number of benzene rings is 2. The highest BCUT2D eigenvalue weighted by Gasteiger charge is 2.30. The van der Waals surface area contributed by atoms with Crippen molar-refractivity contribution in [3.05, 3.63) is 65.2 Å². The second kappa shape index (κ2) is 11.0. The number of halogens is 1. The Morgan fingerprint density at radius 2 is 1.70 bits per heavy atom. The Balaban J connectivity index is 2.16. The van der Waals surface area contributed by atoms with Crippen LogP contribution in [-0.2, 0) is 16.0 Å². The minimum Gasteiger partial charge on any atom is -0.482 e. The summed E-state index contributed by atoms with van der Waals surface area (Å²) in [6, 6.07) is 16.4. The van der Waals surface area contributed by atoms with E-state index >= 15 is 0 Å². The number of rotatable bonds is 9. The van der Waals surface area contributed by atoms with Gasteiger partial charge in [0.15, 0.2) is 6.61 Å². The molecular formula is C24H31ClN2O3. The summed E-state index contributed by atoms with van der Waals surface area (Å²) in [5.74, 6) is 0.0358. The zero-order valence-corrected chi connectivity index (χ0v) is 18.9. The van der Waals surface area contributed by atoms with Gasteiger partial charge in [0.1, 0.15) is 11.8 Å². The lowest BCUT2D eigenvalue weighted by atomic mass is 10.1. The van der Waals surface area contributed by atoms with E-state index in [4.69, 9.17) is 16.3 Å². The smallest absolute Gasteiger partial charge is 0.261 e. The molecule has 0 aliphatic heterocycles. The van der Waals surface area contributed by atoms with Gasteiger partial charge < -0.3 is 15.0 Å². The highest BCUT2D eigenvalue weighted by Crippen LogP contribution is 2.23. The van der Waals surface area contributed by atoms with Crippen molar-refractivity contribution in [2.75, 3.05) is 13.2 Å². The van der Waals surface area contributed by atoms with Gasteiger partial charge in [-0.3, -0.25) is 9.59 Å². The topological polar surface area (TPSA) is 58.6 Å². The van der Waals surface area contributed by atoms with Crippen LogP contribution in [0, 0.1) is 0 Å². The van der Waals surface area contributed by atoms with Gasteiger partial charge in [-0.05, 0) is 51.3 Å². The van der Waals surface area contributed by atoms with Crippen molar-refractivity contribution in [3.8, 4) is 5.75 Å². The first-order valence-corrected chi connectivity index (χ1v) is 10.6. The van der Waals surface area contributed by atoms with Gasteiger partial charge >= 0.3 is 0 Å². The van der Waals surface area contributed by atoms with Gasteiger partial charge in [0.25, 0.3) is 5.91 Å². The first kappa shape index (κ1) is 23.7. The summed E-state index contributed by atoms with van der Waals surface area (Å²) in [5, 5.41) is 3.44. The summed E-state index contributed by atoms with van der Waals surface area (Å²) >= 11 is 6.13. The molecule has 6 heteroatoms. The van der Waals surface area contributed by atoms with Crippen LogP contribution >= 0.6 is 11.6 Å². The van der Waals surface area contributed by atoms with Crippen LogP contribution in [0.5, 0.6) is 5.75 Å². The molecular weight excluding hydrogens is 400 g/mol. The molecule has 2 rings (SSSR count). The Kier molecular flexibility index (Phi) is 8.72. The second-order valence-corrected chi connectivity index (χ2v) is 8.61. The van der Waals surface area contributed by atoms with Gasteiger partial charge in [-0.25, -0.2) is 0 Å². The minimum atomic E-state index is -0.574. The number of nitrogens with one attached hydrogen (secondary N) is 1. The SMILES string of the molecule is CCC(C(=O)NC(C)(C)C)N(CCc1ccccc1)C(=O)COc1ccccc1Cl. The maximum atomic E-state index is 13.1. The van der Waals surface area contributed by atoms with Crippen LogP contribution < -0.4 is 10.1 Å². The number of hydrogen-bond acceptors (Lipinski definition) is 3. The Morgan fingerprint density at radius 3 is 2.30 bits per heavy atom. The molecule has 1 atom stereocenters. The van der Waals surface area contributed by atoms with Gasteiger partial charge in [-0.2, -0.15) is 0 Å². The Labute approximate surface area is 184 Å². The number of carbonyl (C=O) groups is 2. The molecule has 30 heavy (non-hydrogen) atoms. The molecule has 2 aromatic carbocycles. The number of ether oxygens (including phenoxy) is 1. The molecule has 1 unspecified atom stereocenters. The molecule has 5 nitrogen and oxygen atoms in total. The highest BCUT2D eigenvalue weighted by atomic mass is 35.5. The minimum absolute atomic E-state index is 0.163. The lowest BCUT2D eigenvalue weighted by Crippen LogP contribution is -2.54. The molecule has 1 N–H and O–H groups in total. The van der Waals surface area contributed by atoms with Crippen LogP contribution in [0.1, 0.15) is 39.7 Å². The third-order valence-electron chi connectivity index (χ3n) is 4.56. The van der Waals surface area contributed by atoms with Crippen molar-refractivity contribution >= 4 is 23.4 Å². The van der Waals surface area contributed by atoms with E-state index in [-0.39, 0.29) is 24.0 Å². The summed E-state index contributed by atoms with van der Waals surface area (Å²) in [5.41, 5.74) is 0.723. The maximum Gasteiger partial charge on any atom is 0.261 e. The lowest BCUT2D eigenvalue weighted by molar-refractivity contribution is -0.142. The van der Waals surface area contributed by atoms with E-state index in [1.807, 2.05) is 58.0 Å². The van der Waals surface area contributed by atoms with Crippen LogP contribution in [0.2, 0.25) is 5.02 Å². The molecule has 0 spiro atoms. The summed E-state index contributed by atoms with van der Waals surface area (Å²) in [6.07, 6.45) is 1.16. The van der Waals surface area contributed by atoms with Crippen LogP contribution in [0.15, 0.2) is 54.6 Å². The zero-order chi connectivity index (χ0) is 22.1. The van der Waals surface area contributed by atoms with E-state index in [1.165, 1.54) is 0 Å². The van der Waals surface area contributed by atoms with E-state index in [1.54, 1.807) is 29.2 Å². The van der Waals surface area contributed by atoms with E-state index in [0.717, 1.165) is 5.56 Å². The molecule has 0 aliphatic carbocycles. The average Bonchev–Trinajstić information content (AvgIpc) is 2.69. The van der Waals surface area contributed by atoms with E-state index in [2.05, 4.69) is 5.32 Å². The number of nitrogens with zero attached hydrogens (tertiary/aromatic N) is 1.